The van der Waals surface area contributed by atoms with Crippen molar-refractivity contribution in [1.29, 1.82) is 0 Å². The zero-order valence-electron chi connectivity index (χ0n) is 11.7. The van der Waals surface area contributed by atoms with Crippen LogP contribution in [0.5, 0.6) is 11.5 Å². The minimum atomic E-state index is -0.0429. The van der Waals surface area contributed by atoms with Gasteiger partial charge in [-0.25, -0.2) is 0 Å². The van der Waals surface area contributed by atoms with Crippen molar-refractivity contribution in [3.05, 3.63) is 56.5 Å². The predicted molar refractivity (Wildman–Crippen MR) is 87.7 cm³/mol. The topological polar surface area (TPSA) is 35.2 Å². The number of ether oxygens (including phenoxy) is 1. The fraction of sp³-hybridized carbons (Fsp3) is 0.250. The molecule has 2 N–H and O–H groups in total. The van der Waals surface area contributed by atoms with Gasteiger partial charge in [-0.05, 0) is 61.7 Å². The van der Waals surface area contributed by atoms with E-state index in [0.29, 0.717) is 10.8 Å². The minimum Gasteiger partial charge on any atom is -0.456 e. The van der Waals surface area contributed by atoms with Crippen LogP contribution in [0.1, 0.15) is 29.7 Å². The molecule has 106 valence electrons. The van der Waals surface area contributed by atoms with Crippen molar-refractivity contribution < 1.29 is 4.74 Å². The number of rotatable bonds is 3. The maximum absolute atomic E-state index is 6.24. The van der Waals surface area contributed by atoms with E-state index in [2.05, 4.69) is 15.9 Å². The Balaban J connectivity index is 2.31. The molecule has 0 heterocycles. The van der Waals surface area contributed by atoms with Crippen molar-refractivity contribution in [3.63, 3.8) is 0 Å². The first-order valence-electron chi connectivity index (χ1n) is 6.38. The van der Waals surface area contributed by atoms with Gasteiger partial charge in [0, 0.05) is 10.5 Å². The van der Waals surface area contributed by atoms with E-state index in [9.17, 15) is 0 Å². The van der Waals surface area contributed by atoms with Gasteiger partial charge in [-0.3, -0.25) is 0 Å². The number of aryl methyl sites for hydroxylation is 2. The third kappa shape index (κ3) is 3.35. The first-order chi connectivity index (χ1) is 9.38. The summed E-state index contributed by atoms with van der Waals surface area (Å²) < 4.78 is 6.97. The summed E-state index contributed by atoms with van der Waals surface area (Å²) in [5, 5.41) is 0.568. The second-order valence-corrected chi connectivity index (χ2v) is 6.15. The molecule has 0 amide bonds. The third-order valence-electron chi connectivity index (χ3n) is 3.12. The third-order valence-corrected chi connectivity index (χ3v) is 4.67. The van der Waals surface area contributed by atoms with Gasteiger partial charge >= 0.3 is 0 Å². The molecular weight excluding hydrogens is 338 g/mol. The molecule has 0 aliphatic heterocycles. The van der Waals surface area contributed by atoms with Gasteiger partial charge in [-0.15, -0.1) is 0 Å². The van der Waals surface area contributed by atoms with Crippen molar-refractivity contribution >= 4 is 27.5 Å². The molecule has 0 saturated carbocycles. The second-order valence-electron chi connectivity index (χ2n) is 4.95. The quantitative estimate of drug-likeness (QED) is 0.786. The Morgan fingerprint density at radius 3 is 2.25 bits per heavy atom. The van der Waals surface area contributed by atoms with Crippen molar-refractivity contribution in [2.24, 2.45) is 5.73 Å². The van der Waals surface area contributed by atoms with E-state index < -0.39 is 0 Å². The lowest BCUT2D eigenvalue weighted by Gasteiger charge is -2.13. The highest BCUT2D eigenvalue weighted by molar-refractivity contribution is 9.10. The summed E-state index contributed by atoms with van der Waals surface area (Å²) in [6, 6.07) is 9.55. The Morgan fingerprint density at radius 1 is 1.15 bits per heavy atom. The highest BCUT2D eigenvalue weighted by Crippen LogP contribution is 2.34. The Labute approximate surface area is 133 Å². The van der Waals surface area contributed by atoms with Gasteiger partial charge in [0.2, 0.25) is 0 Å². The molecule has 2 rings (SSSR count). The summed E-state index contributed by atoms with van der Waals surface area (Å²) >= 11 is 9.79. The molecule has 4 heteroatoms. The molecule has 0 aliphatic rings. The van der Waals surface area contributed by atoms with Crippen LogP contribution in [0.4, 0.5) is 0 Å². The molecule has 2 nitrogen and oxygen atoms in total. The van der Waals surface area contributed by atoms with E-state index in [-0.39, 0.29) is 6.04 Å². The molecule has 0 aliphatic carbocycles. The first-order valence-corrected chi connectivity index (χ1v) is 7.55. The number of halogens is 2. The Morgan fingerprint density at radius 2 is 1.75 bits per heavy atom. The van der Waals surface area contributed by atoms with Crippen LogP contribution in [0, 0.1) is 13.8 Å². The highest BCUT2D eigenvalue weighted by atomic mass is 79.9. The number of hydrogen-bond donors (Lipinski definition) is 1. The SMILES string of the molecule is Cc1cc(Oc2ccc([C@H](C)N)cc2Cl)cc(C)c1Br. The average Bonchev–Trinajstić information content (AvgIpc) is 2.38. The normalized spacial score (nSPS) is 12.3. The van der Waals surface area contributed by atoms with E-state index >= 15 is 0 Å². The molecule has 1 atom stereocenters. The van der Waals surface area contributed by atoms with Crippen LogP contribution in [-0.4, -0.2) is 0 Å². The van der Waals surface area contributed by atoms with Crippen LogP contribution in [0.15, 0.2) is 34.8 Å². The Bertz CT molecular complexity index is 617. The van der Waals surface area contributed by atoms with Gasteiger partial charge in [-0.2, -0.15) is 0 Å². The Kier molecular flexibility index (Phi) is 4.74. The number of hydrogen-bond acceptors (Lipinski definition) is 2. The van der Waals surface area contributed by atoms with E-state index in [1.807, 2.05) is 51.1 Å². The van der Waals surface area contributed by atoms with Gasteiger partial charge in [0.1, 0.15) is 11.5 Å². The molecule has 0 radical (unpaired) electrons. The van der Waals surface area contributed by atoms with Gasteiger partial charge < -0.3 is 10.5 Å². The molecule has 0 saturated heterocycles. The average molecular weight is 355 g/mol. The predicted octanol–water partition coefficient (Wildman–Crippen LogP) is 5.53. The lowest BCUT2D eigenvalue weighted by molar-refractivity contribution is 0.481. The van der Waals surface area contributed by atoms with E-state index in [1.54, 1.807) is 0 Å². The van der Waals surface area contributed by atoms with Crippen molar-refractivity contribution in [1.82, 2.24) is 0 Å². The lowest BCUT2D eigenvalue weighted by atomic mass is 10.1. The van der Waals surface area contributed by atoms with Crippen LogP contribution in [-0.2, 0) is 0 Å². The van der Waals surface area contributed by atoms with Crippen LogP contribution in [0.3, 0.4) is 0 Å². The summed E-state index contributed by atoms with van der Waals surface area (Å²) in [6.45, 7) is 5.99. The van der Waals surface area contributed by atoms with E-state index in [4.69, 9.17) is 22.1 Å². The minimum absolute atomic E-state index is 0.0429. The molecule has 0 bridgehead atoms. The molecule has 0 aromatic heterocycles. The fourth-order valence-corrected chi connectivity index (χ4v) is 2.43. The van der Waals surface area contributed by atoms with Crippen LogP contribution in [0.2, 0.25) is 5.02 Å². The summed E-state index contributed by atoms with van der Waals surface area (Å²) in [5.74, 6) is 1.41. The second kappa shape index (κ2) is 6.17. The van der Waals surface area contributed by atoms with Gasteiger partial charge in [-0.1, -0.05) is 33.6 Å². The van der Waals surface area contributed by atoms with Crippen LogP contribution in [0.25, 0.3) is 0 Å². The molecule has 0 fully saturated rings. The molecule has 2 aromatic carbocycles. The molecule has 0 unspecified atom stereocenters. The standard InChI is InChI=1S/C16H17BrClNO/c1-9-6-13(7-10(2)16(9)17)20-15-5-4-12(11(3)19)8-14(15)18/h4-8,11H,19H2,1-3H3/t11-/m0/s1. The molecule has 0 spiro atoms. The lowest BCUT2D eigenvalue weighted by Crippen LogP contribution is -2.04. The maximum Gasteiger partial charge on any atom is 0.146 e. The zero-order chi connectivity index (χ0) is 14.9. The summed E-state index contributed by atoms with van der Waals surface area (Å²) in [7, 11) is 0. The monoisotopic (exact) mass is 353 g/mol. The Hall–Kier alpha value is -1.03. The number of benzene rings is 2. The van der Waals surface area contributed by atoms with Gasteiger partial charge in [0.15, 0.2) is 0 Å². The summed E-state index contributed by atoms with van der Waals surface area (Å²) in [6.07, 6.45) is 0. The van der Waals surface area contributed by atoms with Crippen LogP contribution < -0.4 is 10.5 Å². The number of nitrogens with two attached hydrogens (primary N) is 1. The van der Waals surface area contributed by atoms with Crippen LogP contribution >= 0.6 is 27.5 Å². The molecular formula is C16H17BrClNO. The maximum atomic E-state index is 6.24. The smallest absolute Gasteiger partial charge is 0.146 e. The summed E-state index contributed by atoms with van der Waals surface area (Å²) in [5.41, 5.74) is 9.08. The van der Waals surface area contributed by atoms with Crippen molar-refractivity contribution in [3.8, 4) is 11.5 Å². The molecule has 20 heavy (non-hydrogen) atoms. The van der Waals surface area contributed by atoms with Crippen molar-refractivity contribution in [2.75, 3.05) is 0 Å². The molecule has 2 aromatic rings. The van der Waals surface area contributed by atoms with Gasteiger partial charge in [0.25, 0.3) is 0 Å². The highest BCUT2D eigenvalue weighted by Gasteiger charge is 2.09. The zero-order valence-corrected chi connectivity index (χ0v) is 14.0. The fourth-order valence-electron chi connectivity index (χ4n) is 1.98. The van der Waals surface area contributed by atoms with Crippen molar-refractivity contribution in [2.45, 2.75) is 26.8 Å². The first kappa shape index (κ1) is 15.4. The largest absolute Gasteiger partial charge is 0.456 e. The summed E-state index contributed by atoms with van der Waals surface area (Å²) in [4.78, 5) is 0. The van der Waals surface area contributed by atoms with E-state index in [1.165, 1.54) is 0 Å². The van der Waals surface area contributed by atoms with E-state index in [0.717, 1.165) is 26.9 Å². The van der Waals surface area contributed by atoms with Gasteiger partial charge in [0.05, 0.1) is 5.02 Å².